The van der Waals surface area contributed by atoms with Crippen molar-refractivity contribution in [3.05, 3.63) is 35.3 Å². The lowest BCUT2D eigenvalue weighted by atomic mass is 10.0. The molecule has 0 N–H and O–H groups in total. The van der Waals surface area contributed by atoms with E-state index in [2.05, 4.69) is 25.8 Å². The average molecular weight is 285 g/mol. The fourth-order valence-electron chi connectivity index (χ4n) is 3.24. The molecule has 2 aromatic heterocycles. The first-order chi connectivity index (χ1) is 10.1. The van der Waals surface area contributed by atoms with Crippen LogP contribution in [0.5, 0.6) is 0 Å². The largest absolute Gasteiger partial charge is 0.336 e. The van der Waals surface area contributed by atoms with E-state index >= 15 is 0 Å². The molecule has 21 heavy (non-hydrogen) atoms. The van der Waals surface area contributed by atoms with Gasteiger partial charge < -0.3 is 9.30 Å². The van der Waals surface area contributed by atoms with Gasteiger partial charge in [0.15, 0.2) is 0 Å². The lowest BCUT2D eigenvalue weighted by molar-refractivity contribution is 0.0635. The number of piperidine rings is 1. The molecule has 112 valence electrons. The number of amides is 1. The summed E-state index contributed by atoms with van der Waals surface area (Å²) >= 11 is 0. The van der Waals surface area contributed by atoms with E-state index in [1.807, 2.05) is 27.6 Å². The summed E-state index contributed by atoms with van der Waals surface area (Å²) < 4.78 is 2.04. The number of carbonyl (C=O) groups is 1. The second-order valence-electron chi connectivity index (χ2n) is 5.99. The number of hydrogen-bond acceptors (Lipinski definition) is 2. The third-order valence-corrected chi connectivity index (χ3v) is 4.60. The summed E-state index contributed by atoms with van der Waals surface area (Å²) in [4.78, 5) is 19.3. The number of hydrogen-bond donors (Lipinski definition) is 0. The summed E-state index contributed by atoms with van der Waals surface area (Å²) in [5.74, 6) is 0.148. The fourth-order valence-corrected chi connectivity index (χ4v) is 3.24. The molecule has 1 saturated heterocycles. The van der Waals surface area contributed by atoms with Gasteiger partial charge in [0, 0.05) is 24.5 Å². The van der Waals surface area contributed by atoms with Crippen LogP contribution in [0.15, 0.2) is 18.3 Å². The van der Waals surface area contributed by atoms with Gasteiger partial charge in [0.2, 0.25) is 0 Å². The molecule has 1 unspecified atom stereocenters. The van der Waals surface area contributed by atoms with Crippen LogP contribution in [0.4, 0.5) is 0 Å². The van der Waals surface area contributed by atoms with Crippen molar-refractivity contribution in [3.8, 4) is 0 Å². The van der Waals surface area contributed by atoms with Crippen LogP contribution in [-0.4, -0.2) is 32.8 Å². The van der Waals surface area contributed by atoms with Crippen LogP contribution < -0.4 is 0 Å². The first kappa shape index (κ1) is 14.1. The van der Waals surface area contributed by atoms with Gasteiger partial charge in [0.1, 0.15) is 5.65 Å². The van der Waals surface area contributed by atoms with Gasteiger partial charge in [-0.3, -0.25) is 4.79 Å². The molecule has 1 amide bonds. The highest BCUT2D eigenvalue weighted by molar-refractivity contribution is 5.94. The molecule has 0 spiro atoms. The number of aryl methyl sites for hydroxylation is 2. The van der Waals surface area contributed by atoms with Gasteiger partial charge in [-0.25, -0.2) is 4.98 Å². The van der Waals surface area contributed by atoms with Gasteiger partial charge in [0.25, 0.3) is 5.91 Å². The van der Waals surface area contributed by atoms with Crippen molar-refractivity contribution in [2.75, 3.05) is 6.54 Å². The summed E-state index contributed by atoms with van der Waals surface area (Å²) in [6.07, 6.45) is 6.31. The Kier molecular flexibility index (Phi) is 3.70. The Labute approximate surface area is 125 Å². The first-order valence-corrected chi connectivity index (χ1v) is 7.90. The molecule has 1 fully saturated rings. The summed E-state index contributed by atoms with van der Waals surface area (Å²) in [6, 6.07) is 4.20. The molecule has 0 radical (unpaired) electrons. The van der Waals surface area contributed by atoms with Gasteiger partial charge in [0.05, 0.1) is 11.3 Å². The van der Waals surface area contributed by atoms with E-state index in [1.54, 1.807) is 0 Å². The summed E-state index contributed by atoms with van der Waals surface area (Å²) in [7, 11) is 0. The SMILES string of the molecule is CCc1nc2ccc(C(=O)N3CCCCC3C)cn2c1C. The quantitative estimate of drug-likeness (QED) is 0.849. The number of likely N-dealkylation sites (tertiary alicyclic amines) is 1. The smallest absolute Gasteiger partial charge is 0.255 e. The van der Waals surface area contributed by atoms with Gasteiger partial charge >= 0.3 is 0 Å². The van der Waals surface area contributed by atoms with Crippen molar-refractivity contribution in [1.82, 2.24) is 14.3 Å². The maximum atomic E-state index is 12.7. The number of fused-ring (bicyclic) bond motifs is 1. The summed E-state index contributed by atoms with van der Waals surface area (Å²) in [5.41, 5.74) is 3.92. The van der Waals surface area contributed by atoms with Gasteiger partial charge in [-0.2, -0.15) is 0 Å². The molecule has 3 rings (SSSR count). The monoisotopic (exact) mass is 285 g/mol. The number of imidazole rings is 1. The van der Waals surface area contributed by atoms with Crippen molar-refractivity contribution in [2.45, 2.75) is 52.5 Å². The maximum absolute atomic E-state index is 12.7. The van der Waals surface area contributed by atoms with Crippen molar-refractivity contribution in [3.63, 3.8) is 0 Å². The maximum Gasteiger partial charge on any atom is 0.255 e. The van der Waals surface area contributed by atoms with Crippen molar-refractivity contribution in [1.29, 1.82) is 0 Å². The number of rotatable bonds is 2. The summed E-state index contributed by atoms with van der Waals surface area (Å²) in [5, 5.41) is 0. The van der Waals surface area contributed by atoms with Crippen LogP contribution in [0.25, 0.3) is 5.65 Å². The topological polar surface area (TPSA) is 37.6 Å². The number of pyridine rings is 1. The first-order valence-electron chi connectivity index (χ1n) is 7.90. The Hall–Kier alpha value is -1.84. The van der Waals surface area contributed by atoms with Gasteiger partial charge in [-0.15, -0.1) is 0 Å². The number of aromatic nitrogens is 2. The molecule has 3 heterocycles. The van der Waals surface area contributed by atoms with E-state index < -0.39 is 0 Å². The Balaban J connectivity index is 1.96. The molecular formula is C17H23N3O. The predicted molar refractivity (Wildman–Crippen MR) is 83.7 cm³/mol. The zero-order valence-electron chi connectivity index (χ0n) is 13.1. The third kappa shape index (κ3) is 2.43. The molecule has 0 aromatic carbocycles. The van der Waals surface area contributed by atoms with Crippen LogP contribution in [0, 0.1) is 6.92 Å². The highest BCUT2D eigenvalue weighted by Gasteiger charge is 2.24. The Morgan fingerprint density at radius 1 is 1.38 bits per heavy atom. The lowest BCUT2D eigenvalue weighted by Gasteiger charge is -2.33. The third-order valence-electron chi connectivity index (χ3n) is 4.60. The van der Waals surface area contributed by atoms with Crippen LogP contribution >= 0.6 is 0 Å². The number of nitrogens with zero attached hydrogens (tertiary/aromatic N) is 3. The molecule has 0 saturated carbocycles. The molecule has 1 atom stereocenters. The van der Waals surface area contributed by atoms with Crippen LogP contribution in [0.3, 0.4) is 0 Å². The van der Waals surface area contributed by atoms with E-state index in [4.69, 9.17) is 0 Å². The molecule has 4 nitrogen and oxygen atoms in total. The Morgan fingerprint density at radius 3 is 2.90 bits per heavy atom. The van der Waals surface area contributed by atoms with E-state index in [0.717, 1.165) is 48.4 Å². The molecular weight excluding hydrogens is 262 g/mol. The summed E-state index contributed by atoms with van der Waals surface area (Å²) in [6.45, 7) is 7.20. The second-order valence-corrected chi connectivity index (χ2v) is 5.99. The molecule has 0 bridgehead atoms. The molecule has 1 aliphatic rings. The minimum Gasteiger partial charge on any atom is -0.336 e. The van der Waals surface area contributed by atoms with E-state index in [-0.39, 0.29) is 5.91 Å². The van der Waals surface area contributed by atoms with Gasteiger partial charge in [-0.05, 0) is 51.7 Å². The fraction of sp³-hybridized carbons (Fsp3) is 0.529. The minimum atomic E-state index is 0.148. The van der Waals surface area contributed by atoms with Crippen LogP contribution in [-0.2, 0) is 6.42 Å². The standard InChI is InChI=1S/C17H23N3O/c1-4-15-13(3)20-11-14(8-9-16(20)18-15)17(21)19-10-6-5-7-12(19)2/h8-9,11-12H,4-7,10H2,1-3H3. The van der Waals surface area contributed by atoms with Crippen LogP contribution in [0.2, 0.25) is 0 Å². The predicted octanol–water partition coefficient (Wildman–Crippen LogP) is 3.22. The number of carbonyl (C=O) groups excluding carboxylic acids is 1. The highest BCUT2D eigenvalue weighted by Crippen LogP contribution is 2.20. The molecule has 2 aromatic rings. The van der Waals surface area contributed by atoms with Gasteiger partial charge in [-0.1, -0.05) is 6.92 Å². The van der Waals surface area contributed by atoms with Crippen molar-refractivity contribution >= 4 is 11.6 Å². The van der Waals surface area contributed by atoms with Crippen molar-refractivity contribution < 1.29 is 4.79 Å². The average Bonchev–Trinajstić information content (AvgIpc) is 2.83. The van der Waals surface area contributed by atoms with Crippen LogP contribution in [0.1, 0.15) is 54.9 Å². The molecule has 4 heteroatoms. The molecule has 1 aliphatic heterocycles. The second kappa shape index (κ2) is 5.51. The minimum absolute atomic E-state index is 0.148. The normalized spacial score (nSPS) is 19.2. The van der Waals surface area contributed by atoms with Crippen molar-refractivity contribution in [2.24, 2.45) is 0 Å². The van der Waals surface area contributed by atoms with E-state index in [9.17, 15) is 4.79 Å². The highest BCUT2D eigenvalue weighted by atomic mass is 16.2. The lowest BCUT2D eigenvalue weighted by Crippen LogP contribution is -2.42. The zero-order chi connectivity index (χ0) is 15.0. The van der Waals surface area contributed by atoms with E-state index in [0.29, 0.717) is 6.04 Å². The zero-order valence-corrected chi connectivity index (χ0v) is 13.1. The molecule has 0 aliphatic carbocycles. The Morgan fingerprint density at radius 2 is 2.19 bits per heavy atom. The Bertz CT molecular complexity index is 674. The van der Waals surface area contributed by atoms with E-state index in [1.165, 1.54) is 6.42 Å².